The number of halogens is 1. The van der Waals surface area contributed by atoms with Gasteiger partial charge in [0.25, 0.3) is 5.69 Å². The molecule has 0 aliphatic rings. The molecule has 0 aliphatic carbocycles. The molecule has 0 aromatic heterocycles. The summed E-state index contributed by atoms with van der Waals surface area (Å²) in [6.07, 6.45) is 4.01. The van der Waals surface area contributed by atoms with Crippen LogP contribution in [0.2, 0.25) is 0 Å². The molecule has 0 amide bonds. The first-order valence-corrected chi connectivity index (χ1v) is 7.01. The van der Waals surface area contributed by atoms with Gasteiger partial charge >= 0.3 is 0 Å². The van der Waals surface area contributed by atoms with E-state index in [0.29, 0.717) is 0 Å². The lowest BCUT2D eigenvalue weighted by molar-refractivity contribution is -0.384. The lowest BCUT2D eigenvalue weighted by atomic mass is 10.2. The van der Waals surface area contributed by atoms with Crippen LogP contribution in [-0.4, -0.2) is 23.2 Å². The highest BCUT2D eigenvalue weighted by Crippen LogP contribution is 2.23. The first kappa shape index (κ1) is 15.2. The molecule has 2 N–H and O–H groups in total. The van der Waals surface area contributed by atoms with Crippen molar-refractivity contribution in [3.8, 4) is 0 Å². The van der Waals surface area contributed by atoms with E-state index in [-0.39, 0.29) is 17.2 Å². The van der Waals surface area contributed by atoms with Crippen LogP contribution < -0.4 is 5.32 Å². The van der Waals surface area contributed by atoms with Crippen molar-refractivity contribution in [3.63, 3.8) is 0 Å². The minimum atomic E-state index is -0.388. The van der Waals surface area contributed by atoms with Crippen LogP contribution in [0.1, 0.15) is 25.7 Å². The van der Waals surface area contributed by atoms with E-state index < -0.39 is 0 Å². The van der Waals surface area contributed by atoms with Crippen molar-refractivity contribution in [1.29, 1.82) is 0 Å². The van der Waals surface area contributed by atoms with Crippen LogP contribution in [0, 0.1) is 13.7 Å². The standard InChI is InChI=1S/C12H17IN2O3/c13-11-9-10(15(17)18)5-6-12(11)14-7-3-1-2-4-8-16/h5-6,9,14,16H,1-4,7-8H2. The van der Waals surface area contributed by atoms with Gasteiger partial charge in [0.2, 0.25) is 0 Å². The van der Waals surface area contributed by atoms with Gasteiger partial charge in [0.1, 0.15) is 0 Å². The topological polar surface area (TPSA) is 75.4 Å². The number of anilines is 1. The Morgan fingerprint density at radius 1 is 1.28 bits per heavy atom. The van der Waals surface area contributed by atoms with Gasteiger partial charge in [-0.3, -0.25) is 10.1 Å². The van der Waals surface area contributed by atoms with Crippen LogP contribution in [0.25, 0.3) is 0 Å². The van der Waals surface area contributed by atoms with Crippen molar-refractivity contribution < 1.29 is 10.0 Å². The second kappa shape index (κ2) is 8.25. The maximum Gasteiger partial charge on any atom is 0.270 e. The second-order valence-electron chi connectivity index (χ2n) is 3.99. The minimum Gasteiger partial charge on any atom is -0.396 e. The predicted molar refractivity (Wildman–Crippen MR) is 79.9 cm³/mol. The van der Waals surface area contributed by atoms with Crippen LogP contribution >= 0.6 is 22.6 Å². The molecule has 0 atom stereocenters. The van der Waals surface area contributed by atoms with E-state index in [9.17, 15) is 10.1 Å². The highest BCUT2D eigenvalue weighted by molar-refractivity contribution is 14.1. The Morgan fingerprint density at radius 2 is 2.00 bits per heavy atom. The van der Waals surface area contributed by atoms with E-state index in [1.54, 1.807) is 12.1 Å². The Morgan fingerprint density at radius 3 is 2.61 bits per heavy atom. The third-order valence-electron chi connectivity index (χ3n) is 2.56. The van der Waals surface area contributed by atoms with E-state index >= 15 is 0 Å². The van der Waals surface area contributed by atoms with Crippen LogP contribution in [0.5, 0.6) is 0 Å². The van der Waals surface area contributed by atoms with Crippen LogP contribution in [-0.2, 0) is 0 Å². The predicted octanol–water partition coefficient (Wildman–Crippen LogP) is 3.16. The smallest absolute Gasteiger partial charge is 0.270 e. The molecular weight excluding hydrogens is 347 g/mol. The molecule has 0 saturated carbocycles. The van der Waals surface area contributed by atoms with Gasteiger partial charge in [-0.05, 0) is 41.5 Å². The maximum absolute atomic E-state index is 10.6. The number of rotatable bonds is 8. The van der Waals surface area contributed by atoms with E-state index in [2.05, 4.69) is 27.9 Å². The molecule has 0 saturated heterocycles. The third kappa shape index (κ3) is 5.18. The molecule has 0 bridgehead atoms. The summed E-state index contributed by atoms with van der Waals surface area (Å²) >= 11 is 2.09. The fraction of sp³-hybridized carbons (Fsp3) is 0.500. The fourth-order valence-electron chi connectivity index (χ4n) is 1.57. The van der Waals surface area contributed by atoms with Crippen molar-refractivity contribution in [3.05, 3.63) is 31.9 Å². The van der Waals surface area contributed by atoms with Crippen LogP contribution in [0.4, 0.5) is 11.4 Å². The zero-order valence-corrected chi connectivity index (χ0v) is 12.2. The Balaban J connectivity index is 2.36. The lowest BCUT2D eigenvalue weighted by Crippen LogP contribution is -2.03. The van der Waals surface area contributed by atoms with Gasteiger partial charge in [0.05, 0.1) is 4.92 Å². The van der Waals surface area contributed by atoms with Gasteiger partial charge in [0.15, 0.2) is 0 Å². The van der Waals surface area contributed by atoms with Gasteiger partial charge in [-0.1, -0.05) is 12.8 Å². The van der Waals surface area contributed by atoms with Crippen molar-refractivity contribution in [2.24, 2.45) is 0 Å². The van der Waals surface area contributed by atoms with E-state index in [4.69, 9.17) is 5.11 Å². The average Bonchev–Trinajstić information content (AvgIpc) is 2.35. The van der Waals surface area contributed by atoms with Crippen LogP contribution in [0.3, 0.4) is 0 Å². The van der Waals surface area contributed by atoms with Crippen molar-refractivity contribution >= 4 is 34.0 Å². The first-order chi connectivity index (χ1) is 8.65. The summed E-state index contributed by atoms with van der Waals surface area (Å²) in [5.41, 5.74) is 1.05. The third-order valence-corrected chi connectivity index (χ3v) is 3.46. The minimum absolute atomic E-state index is 0.118. The summed E-state index contributed by atoms with van der Waals surface area (Å²) in [7, 11) is 0. The van der Waals surface area contributed by atoms with E-state index in [0.717, 1.165) is 41.5 Å². The summed E-state index contributed by atoms with van der Waals surface area (Å²) in [4.78, 5) is 10.2. The molecule has 0 aliphatic heterocycles. The number of hydrogen-bond acceptors (Lipinski definition) is 4. The largest absolute Gasteiger partial charge is 0.396 e. The molecule has 5 nitrogen and oxygen atoms in total. The summed E-state index contributed by atoms with van der Waals surface area (Å²) in [6, 6.07) is 4.82. The van der Waals surface area contributed by atoms with Gasteiger partial charge in [-0.25, -0.2) is 0 Å². The Hall–Kier alpha value is -0.890. The van der Waals surface area contributed by atoms with Crippen molar-refractivity contribution in [1.82, 2.24) is 0 Å². The number of hydrogen-bond donors (Lipinski definition) is 2. The Labute approximate surface area is 120 Å². The highest BCUT2D eigenvalue weighted by Gasteiger charge is 2.08. The molecule has 1 aromatic carbocycles. The van der Waals surface area contributed by atoms with E-state index in [1.807, 2.05) is 0 Å². The Kier molecular flexibility index (Phi) is 6.96. The number of nitro benzene ring substituents is 1. The summed E-state index contributed by atoms with van der Waals surface area (Å²) in [6.45, 7) is 1.10. The maximum atomic E-state index is 10.6. The van der Waals surface area contributed by atoms with Gasteiger partial charge in [-0.15, -0.1) is 0 Å². The summed E-state index contributed by atoms with van der Waals surface area (Å²) in [5.74, 6) is 0. The average molecular weight is 364 g/mol. The SMILES string of the molecule is O=[N+]([O-])c1ccc(NCCCCCCO)c(I)c1. The lowest BCUT2D eigenvalue weighted by Gasteiger charge is -2.08. The number of aliphatic hydroxyl groups excluding tert-OH is 1. The molecule has 100 valence electrons. The summed E-state index contributed by atoms with van der Waals surface area (Å²) in [5, 5.41) is 22.5. The quantitative estimate of drug-likeness (QED) is 0.322. The second-order valence-corrected chi connectivity index (χ2v) is 5.15. The molecule has 0 fully saturated rings. The van der Waals surface area contributed by atoms with Crippen LogP contribution in [0.15, 0.2) is 18.2 Å². The molecule has 0 heterocycles. The van der Waals surface area contributed by atoms with E-state index in [1.165, 1.54) is 6.07 Å². The number of non-ortho nitro benzene ring substituents is 1. The summed E-state index contributed by atoms with van der Waals surface area (Å²) < 4.78 is 0.858. The molecule has 1 aromatic rings. The van der Waals surface area contributed by atoms with Crippen molar-refractivity contribution in [2.45, 2.75) is 25.7 Å². The first-order valence-electron chi connectivity index (χ1n) is 5.94. The van der Waals surface area contributed by atoms with Gasteiger partial charge in [0, 0.05) is 34.5 Å². The molecule has 6 heteroatoms. The zero-order chi connectivity index (χ0) is 13.4. The number of nitrogens with one attached hydrogen (secondary N) is 1. The monoisotopic (exact) mass is 364 g/mol. The molecular formula is C12H17IN2O3. The normalized spacial score (nSPS) is 10.3. The molecule has 0 radical (unpaired) electrons. The van der Waals surface area contributed by atoms with Gasteiger partial charge < -0.3 is 10.4 Å². The van der Waals surface area contributed by atoms with Crippen molar-refractivity contribution in [2.75, 3.05) is 18.5 Å². The number of nitro groups is 1. The number of benzene rings is 1. The van der Waals surface area contributed by atoms with Gasteiger partial charge in [-0.2, -0.15) is 0 Å². The molecule has 18 heavy (non-hydrogen) atoms. The molecule has 0 spiro atoms. The number of unbranched alkanes of at least 4 members (excludes halogenated alkanes) is 3. The Bertz CT molecular complexity index is 399. The molecule has 0 unspecified atom stereocenters. The number of nitrogens with zero attached hydrogens (tertiary/aromatic N) is 1. The zero-order valence-electron chi connectivity index (χ0n) is 10.1. The highest BCUT2D eigenvalue weighted by atomic mass is 127. The number of aliphatic hydroxyl groups is 1. The fourth-order valence-corrected chi connectivity index (χ4v) is 2.26. The molecule has 1 rings (SSSR count).